The topological polar surface area (TPSA) is 35.0 Å². The van der Waals surface area contributed by atoms with Crippen LogP contribution in [0.3, 0.4) is 0 Å². The minimum absolute atomic E-state index is 0. The van der Waals surface area contributed by atoms with Crippen molar-refractivity contribution >= 4 is 90.3 Å². The molecule has 0 atom stereocenters. The molecule has 0 aliphatic carbocycles. The van der Waals surface area contributed by atoms with Gasteiger partial charge < -0.3 is 4.74 Å². The van der Waals surface area contributed by atoms with E-state index in [4.69, 9.17) is 39.5 Å². The maximum atomic E-state index is 9.87. The number of hydrogen-bond donors (Lipinski definition) is 0. The normalized spacial score (nSPS) is 11.8. The van der Waals surface area contributed by atoms with Gasteiger partial charge in [0.15, 0.2) is 15.8 Å². The predicted octanol–water partition coefficient (Wildman–Crippen LogP) is 14.0. The first-order chi connectivity index (χ1) is 29.5. The van der Waals surface area contributed by atoms with Crippen LogP contribution < -0.4 is 36.6 Å². The van der Waals surface area contributed by atoms with Gasteiger partial charge in [-0.05, 0) is 97.1 Å². The zero-order valence-electron chi connectivity index (χ0n) is 32.8. The van der Waals surface area contributed by atoms with Crippen molar-refractivity contribution in [1.82, 2.24) is 9.97 Å². The Labute approximate surface area is 390 Å². The zero-order chi connectivity index (χ0) is 44.5. The van der Waals surface area contributed by atoms with E-state index in [0.29, 0.717) is 0 Å². The number of pyridine rings is 2. The van der Waals surface area contributed by atoms with E-state index in [2.05, 4.69) is 180 Å². The van der Waals surface area contributed by atoms with Crippen molar-refractivity contribution in [2.24, 2.45) is 0 Å². The first-order valence-corrected chi connectivity index (χ1v) is 25.0. The summed E-state index contributed by atoms with van der Waals surface area (Å²) in [4.78, 5) is 8.37. The fraction of sp³-hybridized carbons (Fsp3) is 0.0213. The zero-order valence-corrected chi connectivity index (χ0v) is 38.9. The maximum absolute atomic E-state index is 10.7. The van der Waals surface area contributed by atoms with E-state index in [0.717, 1.165) is 22.9 Å². The average Bonchev–Trinajstić information content (AvgIpc) is 3.26. The molecule has 3 nitrogen and oxygen atoms in total. The third kappa shape index (κ3) is 18.7. The van der Waals surface area contributed by atoms with Gasteiger partial charge in [0, 0.05) is 12.4 Å². The molecule has 16 heteroatoms. The van der Waals surface area contributed by atoms with Gasteiger partial charge in [-0.1, -0.05) is 144 Å². The standard InChI is InChI=1S/C36H28OP2.C10H8N2.CHCl3.Cu.F6P/c1-5-17-29(18-6-1)38(30-19-7-2-8-20-30)35-27-15-13-25-33(35)37-34-26-14-16-28-36(34)39(31-21-9-3-10-22-31)32-23-11-4-12-24-32;1-3-7-11-9(5-1)10-6-2-4-8-12-10;2-1(3)4;;1-7(2,3,4,5)6/h1-28H;1-8H;1H;;/q;;;+1;-1/p+2. The third-order valence-electron chi connectivity index (χ3n) is 8.37. The average molecular weight is 1020 g/mol. The van der Waals surface area contributed by atoms with Crippen LogP contribution in [-0.2, 0) is 17.1 Å². The summed E-state index contributed by atoms with van der Waals surface area (Å²) in [6.45, 7) is 0. The molecule has 330 valence electrons. The molecule has 8 aromatic rings. The molecule has 0 saturated heterocycles. The molecule has 63 heavy (non-hydrogen) atoms. The minimum Gasteiger partial charge on any atom is -0.449 e. The van der Waals surface area contributed by atoms with Crippen LogP contribution in [0.2, 0.25) is 0 Å². The molecule has 0 fully saturated rings. The van der Waals surface area contributed by atoms with E-state index >= 15 is 0 Å². The van der Waals surface area contributed by atoms with Crippen molar-refractivity contribution < 1.29 is 47.0 Å². The molecular weight excluding hydrogens is 985 g/mol. The summed E-state index contributed by atoms with van der Waals surface area (Å²) in [6, 6.07) is 72.2. The summed E-state index contributed by atoms with van der Waals surface area (Å²) < 4.78 is 65.4. The van der Waals surface area contributed by atoms with Crippen LogP contribution in [0.1, 0.15) is 0 Å². The van der Waals surface area contributed by atoms with E-state index in [1.807, 2.05) is 36.4 Å². The van der Waals surface area contributed by atoms with Crippen LogP contribution in [0.25, 0.3) is 11.4 Å². The molecule has 0 N–H and O–H groups in total. The Bertz CT molecular complexity index is 2300. The van der Waals surface area contributed by atoms with E-state index in [1.165, 1.54) is 31.8 Å². The van der Waals surface area contributed by atoms with Crippen molar-refractivity contribution in [3.63, 3.8) is 0 Å². The summed E-state index contributed by atoms with van der Waals surface area (Å²) in [6.07, 6.45) is 3.54. The maximum Gasteiger partial charge on any atom is 1.00 e. The number of alkyl halides is 3. The van der Waals surface area contributed by atoms with Crippen LogP contribution in [0.5, 0.6) is 11.5 Å². The minimum atomic E-state index is -10.7. The van der Waals surface area contributed by atoms with Gasteiger partial charge in [0.25, 0.3) is 0 Å². The van der Waals surface area contributed by atoms with Crippen molar-refractivity contribution in [3.8, 4) is 22.9 Å². The molecule has 6 aromatic carbocycles. The number of benzene rings is 6. The number of hydrogen-bond acceptors (Lipinski definition) is 3. The second-order valence-electron chi connectivity index (χ2n) is 12.9. The van der Waals surface area contributed by atoms with Crippen LogP contribution in [0.4, 0.5) is 25.2 Å². The summed E-state index contributed by atoms with van der Waals surface area (Å²) in [7, 11) is -13.2. The number of halogens is 9. The molecule has 8 rings (SSSR count). The van der Waals surface area contributed by atoms with Gasteiger partial charge in [0.2, 0.25) is 0 Å². The molecule has 0 unspecified atom stereocenters. The second-order valence-corrected chi connectivity index (χ2v) is 21.7. The van der Waals surface area contributed by atoms with Gasteiger partial charge in [-0.15, -0.1) is 0 Å². The number of nitrogens with zero attached hydrogens (tertiary/aromatic N) is 2. The molecule has 2 heterocycles. The van der Waals surface area contributed by atoms with E-state index in [1.54, 1.807) is 12.4 Å². The SMILES string of the molecule is ClC(Cl)Cl.F[P-](F)(F)(F)(F)F.[Cu+].c1ccc(-c2ccccn2)nc1.c1ccc([PH+](c2ccccc2)c2ccccc2Oc2ccccc2[PH+](c2ccccc2)c2ccccc2)cc1. The van der Waals surface area contributed by atoms with Gasteiger partial charge in [-0.2, -0.15) is 0 Å². The molecule has 0 aliphatic heterocycles. The monoisotopic (exact) mass is 1020 g/mol. The van der Waals surface area contributed by atoms with Crippen molar-refractivity contribution in [2.45, 2.75) is 4.30 Å². The Kier molecular flexibility index (Phi) is 19.2. The predicted molar refractivity (Wildman–Crippen MR) is 256 cm³/mol. The van der Waals surface area contributed by atoms with E-state index in [-0.39, 0.29) is 17.1 Å². The van der Waals surface area contributed by atoms with Gasteiger partial charge >= 0.3 is 50.1 Å². The summed E-state index contributed by atoms with van der Waals surface area (Å²) in [5.74, 6) is 1.85. The molecule has 0 bridgehead atoms. The Morgan fingerprint density at radius 3 is 0.873 bits per heavy atom. The molecule has 0 radical (unpaired) electrons. The largest absolute Gasteiger partial charge is 1.00 e. The van der Waals surface area contributed by atoms with Gasteiger partial charge in [-0.25, -0.2) is 0 Å². The second kappa shape index (κ2) is 23.6. The number of para-hydroxylation sites is 2. The third-order valence-corrected chi connectivity index (χ3v) is 13.9. The molecule has 0 saturated carbocycles. The molecular formula is C47H39Cl3CuF6N2OP3+2. The quantitative estimate of drug-likeness (QED) is 0.0625. The fourth-order valence-electron chi connectivity index (χ4n) is 6.05. The summed E-state index contributed by atoms with van der Waals surface area (Å²) in [5.41, 5.74) is 1.83. The fourth-order valence-corrected chi connectivity index (χ4v) is 11.3. The van der Waals surface area contributed by atoms with Crippen LogP contribution in [-0.4, -0.2) is 14.3 Å². The molecule has 0 spiro atoms. The van der Waals surface area contributed by atoms with Crippen molar-refractivity contribution in [1.29, 1.82) is 0 Å². The first kappa shape index (κ1) is 51.3. The van der Waals surface area contributed by atoms with Gasteiger partial charge in [0.05, 0.1) is 11.4 Å². The Hall–Kier alpha value is -4.32. The molecule has 2 aromatic heterocycles. The Morgan fingerprint density at radius 1 is 0.381 bits per heavy atom. The van der Waals surface area contributed by atoms with E-state index in [9.17, 15) is 25.2 Å². The summed E-state index contributed by atoms with van der Waals surface area (Å²) in [5, 5.41) is 7.88. The Morgan fingerprint density at radius 2 is 0.619 bits per heavy atom. The van der Waals surface area contributed by atoms with Crippen LogP contribution >= 0.6 is 58.5 Å². The smallest absolute Gasteiger partial charge is 0.449 e. The van der Waals surface area contributed by atoms with Crippen LogP contribution in [0.15, 0.2) is 219 Å². The Balaban J connectivity index is 0.000000297. The number of ether oxygens (including phenoxy) is 1. The molecule has 0 aliphatic rings. The van der Waals surface area contributed by atoms with Crippen molar-refractivity contribution in [3.05, 3.63) is 219 Å². The van der Waals surface area contributed by atoms with E-state index < -0.39 is 27.9 Å². The summed E-state index contributed by atoms with van der Waals surface area (Å²) >= 11 is 14.4. The van der Waals surface area contributed by atoms with Gasteiger partial charge in [0.1, 0.15) is 47.7 Å². The van der Waals surface area contributed by atoms with Crippen LogP contribution in [0, 0.1) is 0 Å². The van der Waals surface area contributed by atoms with Gasteiger partial charge in [-0.3, -0.25) is 9.97 Å². The first-order valence-electron chi connectivity index (χ1n) is 18.7. The number of rotatable bonds is 9. The molecule has 0 amide bonds. The van der Waals surface area contributed by atoms with Crippen molar-refractivity contribution in [2.75, 3.05) is 0 Å². The number of aromatic nitrogens is 2.